The lowest BCUT2D eigenvalue weighted by atomic mass is 10.0. The first-order valence-corrected chi connectivity index (χ1v) is 12.4. The van der Waals surface area contributed by atoms with E-state index in [0.717, 1.165) is 23.9 Å². The monoisotopic (exact) mass is 556 g/mol. The first-order valence-electron chi connectivity index (χ1n) is 12.4. The van der Waals surface area contributed by atoms with Crippen molar-refractivity contribution in [1.82, 2.24) is 20.1 Å². The Morgan fingerprint density at radius 3 is 2.33 bits per heavy atom. The molecule has 2 aromatic heterocycles. The van der Waals surface area contributed by atoms with Gasteiger partial charge in [-0.25, -0.2) is 4.98 Å². The molecule has 1 fully saturated rings. The molecule has 212 valence electrons. The lowest BCUT2D eigenvalue weighted by Gasteiger charge is -2.36. The maximum absolute atomic E-state index is 13.7. The van der Waals surface area contributed by atoms with E-state index in [1.807, 2.05) is 6.92 Å². The maximum Gasteiger partial charge on any atom is 0.418 e. The summed E-state index contributed by atoms with van der Waals surface area (Å²) >= 11 is 0. The number of halogens is 6. The molecule has 0 saturated carbocycles. The fourth-order valence-corrected chi connectivity index (χ4v) is 4.92. The Hall–Kier alpha value is -3.48. The molecule has 0 radical (unpaired) electrons. The number of pyridine rings is 1. The molecule has 3 aromatic rings. The Balaban J connectivity index is 1.42. The fourth-order valence-electron chi connectivity index (χ4n) is 4.92. The van der Waals surface area contributed by atoms with Gasteiger partial charge in [0.2, 0.25) is 5.88 Å². The van der Waals surface area contributed by atoms with E-state index in [-0.39, 0.29) is 35.8 Å². The smallest absolute Gasteiger partial charge is 0.418 e. The molecule has 1 unspecified atom stereocenters. The van der Waals surface area contributed by atoms with Crippen molar-refractivity contribution < 1.29 is 31.1 Å². The largest absolute Gasteiger partial charge is 0.480 e. The SMILES string of the molecule is COc1nccc(C(F)(F)F)c1N1CCC(NC(C)c2cn(C)nc2NCc2ccccc2C(F)(F)F)CC1. The van der Waals surface area contributed by atoms with Gasteiger partial charge >= 0.3 is 12.4 Å². The van der Waals surface area contributed by atoms with Gasteiger partial charge in [-0.15, -0.1) is 0 Å². The molecule has 0 amide bonds. The molecule has 2 N–H and O–H groups in total. The Morgan fingerprint density at radius 1 is 1.03 bits per heavy atom. The molecule has 3 heterocycles. The summed E-state index contributed by atoms with van der Waals surface area (Å²) in [4.78, 5) is 5.61. The van der Waals surface area contributed by atoms with E-state index in [0.29, 0.717) is 31.7 Å². The fraction of sp³-hybridized carbons (Fsp3) is 0.462. The van der Waals surface area contributed by atoms with Crippen LogP contribution in [0.4, 0.5) is 37.8 Å². The van der Waals surface area contributed by atoms with Gasteiger partial charge < -0.3 is 20.3 Å². The predicted molar refractivity (Wildman–Crippen MR) is 135 cm³/mol. The summed E-state index contributed by atoms with van der Waals surface area (Å²) in [6, 6.07) is 6.13. The van der Waals surface area contributed by atoms with Crippen LogP contribution in [0, 0.1) is 0 Å². The van der Waals surface area contributed by atoms with E-state index in [1.54, 1.807) is 28.9 Å². The number of aryl methyl sites for hydroxylation is 1. The third kappa shape index (κ3) is 6.57. The molecule has 1 aromatic carbocycles. The van der Waals surface area contributed by atoms with Crippen LogP contribution < -0.4 is 20.3 Å². The minimum Gasteiger partial charge on any atom is -0.480 e. The van der Waals surface area contributed by atoms with Crippen LogP contribution in [0.3, 0.4) is 0 Å². The third-order valence-electron chi connectivity index (χ3n) is 6.78. The third-order valence-corrected chi connectivity index (χ3v) is 6.78. The van der Waals surface area contributed by atoms with Crippen molar-refractivity contribution in [2.75, 3.05) is 30.4 Å². The van der Waals surface area contributed by atoms with Crippen molar-refractivity contribution in [3.63, 3.8) is 0 Å². The Bertz CT molecular complexity index is 1270. The lowest BCUT2D eigenvalue weighted by Crippen LogP contribution is -2.44. The topological polar surface area (TPSA) is 67.2 Å². The molecule has 4 rings (SSSR count). The van der Waals surface area contributed by atoms with Crippen LogP contribution in [0.5, 0.6) is 5.88 Å². The number of nitrogens with zero attached hydrogens (tertiary/aromatic N) is 4. The molecule has 0 spiro atoms. The number of hydrogen-bond donors (Lipinski definition) is 2. The molecule has 1 saturated heterocycles. The minimum absolute atomic E-state index is 0.00673. The summed E-state index contributed by atoms with van der Waals surface area (Å²) < 4.78 is 87.8. The molecule has 39 heavy (non-hydrogen) atoms. The van der Waals surface area contributed by atoms with E-state index < -0.39 is 23.5 Å². The van der Waals surface area contributed by atoms with E-state index in [4.69, 9.17) is 4.74 Å². The van der Waals surface area contributed by atoms with E-state index in [9.17, 15) is 26.3 Å². The standard InChI is InChI=1S/C26H30F6N6O/c1-16(19-15-37(2)36-23(19)34-14-17-6-4-5-7-20(17)25(27,28)29)35-18-9-12-38(13-10-18)22-21(26(30,31)32)8-11-33-24(22)39-3/h4-8,11,15-16,18,35H,9-10,12-14H2,1-3H3,(H,34,36). The van der Waals surface area contributed by atoms with Crippen LogP contribution in [0.1, 0.15) is 48.1 Å². The van der Waals surface area contributed by atoms with Crippen LogP contribution in [0.15, 0.2) is 42.7 Å². The zero-order valence-corrected chi connectivity index (χ0v) is 21.7. The number of aromatic nitrogens is 3. The highest BCUT2D eigenvalue weighted by atomic mass is 19.4. The second-order valence-corrected chi connectivity index (χ2v) is 9.48. The van der Waals surface area contributed by atoms with Gasteiger partial charge in [0.25, 0.3) is 0 Å². The molecular weight excluding hydrogens is 526 g/mol. The molecule has 1 aliphatic rings. The summed E-state index contributed by atoms with van der Waals surface area (Å²) in [6.07, 6.45) is -4.98. The molecule has 0 bridgehead atoms. The first kappa shape index (κ1) is 28.5. The summed E-state index contributed by atoms with van der Waals surface area (Å²) in [6.45, 7) is 2.59. The van der Waals surface area contributed by atoms with Crippen molar-refractivity contribution >= 4 is 11.5 Å². The number of rotatable bonds is 8. The number of ether oxygens (including phenoxy) is 1. The first-order chi connectivity index (χ1) is 18.4. The number of nitrogens with one attached hydrogen (secondary N) is 2. The van der Waals surface area contributed by atoms with Gasteiger partial charge in [-0.05, 0) is 37.5 Å². The number of anilines is 2. The second kappa shape index (κ2) is 11.3. The number of methoxy groups -OCH3 is 1. The molecule has 1 atom stereocenters. The van der Waals surface area contributed by atoms with Gasteiger partial charge in [0.1, 0.15) is 5.69 Å². The van der Waals surface area contributed by atoms with Gasteiger partial charge in [-0.3, -0.25) is 4.68 Å². The van der Waals surface area contributed by atoms with Crippen molar-refractivity contribution in [3.05, 3.63) is 65.0 Å². The zero-order valence-electron chi connectivity index (χ0n) is 21.7. The highest BCUT2D eigenvalue weighted by molar-refractivity contribution is 5.62. The van der Waals surface area contributed by atoms with Crippen LogP contribution >= 0.6 is 0 Å². The van der Waals surface area contributed by atoms with Crippen molar-refractivity contribution in [1.29, 1.82) is 0 Å². The van der Waals surface area contributed by atoms with Crippen LogP contribution in [-0.2, 0) is 25.9 Å². The highest BCUT2D eigenvalue weighted by Crippen LogP contribution is 2.41. The maximum atomic E-state index is 13.7. The van der Waals surface area contributed by atoms with Crippen LogP contribution in [-0.4, -0.2) is 41.0 Å². The average molecular weight is 557 g/mol. The van der Waals surface area contributed by atoms with Crippen LogP contribution in [0.25, 0.3) is 0 Å². The van der Waals surface area contributed by atoms with E-state index >= 15 is 0 Å². The molecule has 13 heteroatoms. The van der Waals surface area contributed by atoms with Gasteiger partial charge in [0, 0.05) is 56.7 Å². The number of hydrogen-bond acceptors (Lipinski definition) is 6. The van der Waals surface area contributed by atoms with Gasteiger partial charge in [-0.1, -0.05) is 18.2 Å². The molecular formula is C26H30F6N6O. The Labute approximate surface area is 222 Å². The summed E-state index contributed by atoms with van der Waals surface area (Å²) in [5.41, 5.74) is -0.660. The van der Waals surface area contributed by atoms with Gasteiger partial charge in [-0.2, -0.15) is 31.4 Å². The average Bonchev–Trinajstić information content (AvgIpc) is 3.27. The van der Waals surface area contributed by atoms with Gasteiger partial charge in [0.05, 0.1) is 18.2 Å². The molecule has 1 aliphatic heterocycles. The van der Waals surface area contributed by atoms with Crippen molar-refractivity contribution in [2.24, 2.45) is 7.05 Å². The minimum atomic E-state index is -4.54. The zero-order chi connectivity index (χ0) is 28.4. The summed E-state index contributed by atoms with van der Waals surface area (Å²) in [5, 5.41) is 10.9. The molecule has 7 nitrogen and oxygen atoms in total. The summed E-state index contributed by atoms with van der Waals surface area (Å²) in [5.74, 6) is 0.393. The molecule has 0 aliphatic carbocycles. The predicted octanol–water partition coefficient (Wildman–Crippen LogP) is 5.79. The summed E-state index contributed by atoms with van der Waals surface area (Å²) in [7, 11) is 3.02. The number of alkyl halides is 6. The number of benzene rings is 1. The normalized spacial score (nSPS) is 15.9. The van der Waals surface area contributed by atoms with Crippen molar-refractivity contribution in [3.8, 4) is 5.88 Å². The Kier molecular flexibility index (Phi) is 8.28. The van der Waals surface area contributed by atoms with Gasteiger partial charge in [0.15, 0.2) is 5.82 Å². The van der Waals surface area contributed by atoms with E-state index in [1.165, 1.54) is 19.2 Å². The number of piperidine rings is 1. The van der Waals surface area contributed by atoms with Crippen molar-refractivity contribution in [2.45, 2.75) is 50.7 Å². The highest BCUT2D eigenvalue weighted by Gasteiger charge is 2.38. The lowest BCUT2D eigenvalue weighted by molar-refractivity contribution is -0.138. The van der Waals surface area contributed by atoms with Crippen LogP contribution in [0.2, 0.25) is 0 Å². The second-order valence-electron chi connectivity index (χ2n) is 9.48. The Morgan fingerprint density at radius 2 is 1.69 bits per heavy atom. The quantitative estimate of drug-likeness (QED) is 0.343. The van der Waals surface area contributed by atoms with E-state index in [2.05, 4.69) is 20.7 Å².